The van der Waals surface area contributed by atoms with Gasteiger partial charge in [-0.25, -0.2) is 4.98 Å². The maximum Gasteiger partial charge on any atom is 0.224 e. The zero-order chi connectivity index (χ0) is 13.3. The van der Waals surface area contributed by atoms with Gasteiger partial charge in [0, 0.05) is 9.75 Å². The number of aromatic nitrogens is 2. The molecule has 2 rings (SSSR count). The first-order chi connectivity index (χ1) is 8.47. The van der Waals surface area contributed by atoms with E-state index in [-0.39, 0.29) is 11.3 Å². The van der Waals surface area contributed by atoms with E-state index in [9.17, 15) is 0 Å². The molecule has 2 heterocycles. The second kappa shape index (κ2) is 5.12. The molecule has 18 heavy (non-hydrogen) atoms. The maximum absolute atomic E-state index is 5.82. The van der Waals surface area contributed by atoms with Crippen LogP contribution >= 0.6 is 22.9 Å². The van der Waals surface area contributed by atoms with Crippen molar-refractivity contribution >= 4 is 34.4 Å². The molecule has 0 radical (unpaired) electrons. The minimum absolute atomic E-state index is 0.128. The van der Waals surface area contributed by atoms with E-state index in [0.29, 0.717) is 11.5 Å². The zero-order valence-corrected chi connectivity index (χ0v) is 12.1. The van der Waals surface area contributed by atoms with Crippen molar-refractivity contribution in [1.82, 2.24) is 9.97 Å². The lowest BCUT2D eigenvalue weighted by molar-refractivity contribution is 0.870. The summed E-state index contributed by atoms with van der Waals surface area (Å²) in [6.07, 6.45) is 1.51. The number of aryl methyl sites for hydroxylation is 2. The molecule has 3 N–H and O–H groups in total. The van der Waals surface area contributed by atoms with Crippen LogP contribution < -0.4 is 11.1 Å². The van der Waals surface area contributed by atoms with Crippen molar-refractivity contribution in [2.75, 3.05) is 11.1 Å². The lowest BCUT2D eigenvalue weighted by Crippen LogP contribution is -2.10. The van der Waals surface area contributed by atoms with Crippen molar-refractivity contribution in [3.63, 3.8) is 0 Å². The largest absolute Gasteiger partial charge is 0.394 e. The molecule has 96 valence electrons. The average molecular weight is 283 g/mol. The number of anilines is 2. The smallest absolute Gasteiger partial charge is 0.224 e. The molecule has 0 spiro atoms. The van der Waals surface area contributed by atoms with Crippen molar-refractivity contribution in [3.8, 4) is 0 Å². The van der Waals surface area contributed by atoms with E-state index in [1.807, 2.05) is 0 Å². The van der Waals surface area contributed by atoms with E-state index in [0.717, 1.165) is 0 Å². The number of nitrogen functional groups attached to an aromatic ring is 1. The van der Waals surface area contributed by atoms with E-state index >= 15 is 0 Å². The van der Waals surface area contributed by atoms with Crippen molar-refractivity contribution in [3.05, 3.63) is 32.9 Å². The van der Waals surface area contributed by atoms with Crippen LogP contribution in [0.4, 0.5) is 11.5 Å². The number of nitrogens with two attached hydrogens (primary N) is 1. The third-order valence-corrected chi connectivity index (χ3v) is 3.85. The monoisotopic (exact) mass is 282 g/mol. The Morgan fingerprint density at radius 3 is 2.78 bits per heavy atom. The normalized spacial score (nSPS) is 12.4. The Hall–Kier alpha value is -1.33. The standard InChI is InChI=1S/C12H15ClN4S/c1-6-4-9(8(3)18-6)7(2)16-11-10(14)5-15-12(13)17-11/h4-5,7H,14H2,1-3H3,(H,15,16,17). The molecule has 2 aromatic heterocycles. The lowest BCUT2D eigenvalue weighted by atomic mass is 10.1. The first-order valence-electron chi connectivity index (χ1n) is 5.59. The summed E-state index contributed by atoms with van der Waals surface area (Å²) < 4.78 is 0. The molecule has 1 unspecified atom stereocenters. The highest BCUT2D eigenvalue weighted by Gasteiger charge is 2.13. The molecular weight excluding hydrogens is 268 g/mol. The third kappa shape index (κ3) is 2.73. The van der Waals surface area contributed by atoms with Gasteiger partial charge in [0.15, 0.2) is 5.82 Å². The zero-order valence-electron chi connectivity index (χ0n) is 10.5. The number of nitrogens with zero attached hydrogens (tertiary/aromatic N) is 2. The van der Waals surface area contributed by atoms with Crippen LogP contribution in [0.15, 0.2) is 12.3 Å². The molecule has 6 heteroatoms. The summed E-state index contributed by atoms with van der Waals surface area (Å²) in [5.41, 5.74) is 7.57. The van der Waals surface area contributed by atoms with Gasteiger partial charge < -0.3 is 11.1 Å². The second-order valence-corrected chi connectivity index (χ2v) is 5.98. The molecule has 0 amide bonds. The summed E-state index contributed by atoms with van der Waals surface area (Å²) in [5.74, 6) is 0.575. The number of rotatable bonds is 3. The fraction of sp³-hybridized carbons (Fsp3) is 0.333. The quantitative estimate of drug-likeness (QED) is 0.845. The van der Waals surface area contributed by atoms with Gasteiger partial charge in [-0.1, -0.05) is 0 Å². The minimum Gasteiger partial charge on any atom is -0.394 e. The van der Waals surface area contributed by atoms with Gasteiger partial charge in [-0.3, -0.25) is 0 Å². The SMILES string of the molecule is Cc1cc(C(C)Nc2nc(Cl)ncc2N)c(C)s1. The summed E-state index contributed by atoms with van der Waals surface area (Å²) in [6, 6.07) is 2.31. The predicted molar refractivity (Wildman–Crippen MR) is 77.3 cm³/mol. The van der Waals surface area contributed by atoms with Crippen LogP contribution in [0.5, 0.6) is 0 Å². The second-order valence-electron chi connectivity index (χ2n) is 4.18. The fourth-order valence-corrected chi connectivity index (χ4v) is 3.00. The van der Waals surface area contributed by atoms with Crippen molar-refractivity contribution in [2.45, 2.75) is 26.8 Å². The van der Waals surface area contributed by atoms with E-state index in [4.69, 9.17) is 17.3 Å². The molecule has 0 saturated carbocycles. The van der Waals surface area contributed by atoms with Gasteiger partial charge in [0.05, 0.1) is 17.9 Å². The van der Waals surface area contributed by atoms with Gasteiger partial charge in [0.25, 0.3) is 0 Å². The number of nitrogens with one attached hydrogen (secondary N) is 1. The fourth-order valence-electron chi connectivity index (χ4n) is 1.85. The summed E-state index contributed by atoms with van der Waals surface area (Å²) >= 11 is 7.55. The number of hydrogen-bond donors (Lipinski definition) is 2. The Bertz CT molecular complexity index is 567. The van der Waals surface area contributed by atoms with Gasteiger partial charge >= 0.3 is 0 Å². The van der Waals surface area contributed by atoms with E-state index < -0.39 is 0 Å². The number of hydrogen-bond acceptors (Lipinski definition) is 5. The Kier molecular flexibility index (Phi) is 3.73. The van der Waals surface area contributed by atoms with Gasteiger partial charge in [-0.2, -0.15) is 4.98 Å². The Morgan fingerprint density at radius 2 is 2.17 bits per heavy atom. The topological polar surface area (TPSA) is 63.8 Å². The summed E-state index contributed by atoms with van der Waals surface area (Å²) in [4.78, 5) is 10.5. The first-order valence-corrected chi connectivity index (χ1v) is 6.78. The van der Waals surface area contributed by atoms with Crippen LogP contribution in [-0.4, -0.2) is 9.97 Å². The maximum atomic E-state index is 5.82. The number of thiophene rings is 1. The van der Waals surface area contributed by atoms with E-state index in [1.165, 1.54) is 21.5 Å². The molecule has 0 aromatic carbocycles. The molecule has 0 aliphatic rings. The minimum atomic E-state index is 0.128. The van der Waals surface area contributed by atoms with Crippen LogP contribution in [-0.2, 0) is 0 Å². The molecule has 1 atom stereocenters. The summed E-state index contributed by atoms with van der Waals surface area (Å²) in [7, 11) is 0. The van der Waals surface area contributed by atoms with Crippen LogP contribution in [0.3, 0.4) is 0 Å². The van der Waals surface area contributed by atoms with Crippen LogP contribution in [0.1, 0.15) is 28.3 Å². The van der Waals surface area contributed by atoms with Gasteiger partial charge in [0.2, 0.25) is 5.28 Å². The summed E-state index contributed by atoms with van der Waals surface area (Å²) in [6.45, 7) is 6.29. The van der Waals surface area contributed by atoms with Gasteiger partial charge in [-0.15, -0.1) is 11.3 Å². The molecule has 0 aliphatic carbocycles. The highest BCUT2D eigenvalue weighted by Crippen LogP contribution is 2.29. The molecule has 0 bridgehead atoms. The van der Waals surface area contributed by atoms with E-state index in [1.54, 1.807) is 11.3 Å². The highest BCUT2D eigenvalue weighted by atomic mass is 35.5. The molecule has 2 aromatic rings. The Balaban J connectivity index is 2.23. The third-order valence-electron chi connectivity index (χ3n) is 2.69. The van der Waals surface area contributed by atoms with Crippen molar-refractivity contribution in [1.29, 1.82) is 0 Å². The molecule has 0 fully saturated rings. The Labute approximate surface area is 115 Å². The van der Waals surface area contributed by atoms with Gasteiger partial charge in [0.1, 0.15) is 0 Å². The molecular formula is C12H15ClN4S. The van der Waals surface area contributed by atoms with Crippen molar-refractivity contribution in [2.24, 2.45) is 0 Å². The van der Waals surface area contributed by atoms with E-state index in [2.05, 4.69) is 42.1 Å². The molecule has 0 aliphatic heterocycles. The van der Waals surface area contributed by atoms with Crippen LogP contribution in [0.2, 0.25) is 5.28 Å². The summed E-state index contributed by atoms with van der Waals surface area (Å²) in [5, 5.41) is 3.46. The van der Waals surface area contributed by atoms with Gasteiger partial charge in [-0.05, 0) is 44.0 Å². The molecule has 4 nitrogen and oxygen atoms in total. The molecule has 0 saturated heterocycles. The van der Waals surface area contributed by atoms with Crippen molar-refractivity contribution < 1.29 is 0 Å². The number of halogens is 1. The average Bonchev–Trinajstić information content (AvgIpc) is 2.63. The first kappa shape index (κ1) is 13.1. The Morgan fingerprint density at radius 1 is 1.44 bits per heavy atom. The lowest BCUT2D eigenvalue weighted by Gasteiger charge is -2.15. The van der Waals surface area contributed by atoms with Crippen LogP contribution in [0, 0.1) is 13.8 Å². The van der Waals surface area contributed by atoms with Crippen LogP contribution in [0.25, 0.3) is 0 Å². The predicted octanol–water partition coefficient (Wildman–Crippen LogP) is 3.56. The highest BCUT2D eigenvalue weighted by molar-refractivity contribution is 7.12.